The summed E-state index contributed by atoms with van der Waals surface area (Å²) in [7, 11) is -1.21. The highest BCUT2D eigenvalue weighted by molar-refractivity contribution is 6.74. The van der Waals surface area contributed by atoms with E-state index < -0.39 is 38.3 Å². The molecule has 1 aromatic rings. The molecule has 0 aliphatic rings. The van der Waals surface area contributed by atoms with E-state index in [1.165, 1.54) is 14.0 Å². The quantitative estimate of drug-likeness (QED) is 0.292. The van der Waals surface area contributed by atoms with Gasteiger partial charge in [-0.05, 0) is 56.6 Å². The van der Waals surface area contributed by atoms with Gasteiger partial charge < -0.3 is 24.0 Å². The van der Waals surface area contributed by atoms with Crippen molar-refractivity contribution in [1.29, 1.82) is 0 Å². The van der Waals surface area contributed by atoms with Crippen LogP contribution in [0.25, 0.3) is 0 Å². The van der Waals surface area contributed by atoms with Gasteiger partial charge >= 0.3 is 12.1 Å². The van der Waals surface area contributed by atoms with Gasteiger partial charge in [0.25, 0.3) is 0 Å². The van der Waals surface area contributed by atoms with Gasteiger partial charge in [0.05, 0.1) is 13.7 Å². The maximum absolute atomic E-state index is 12.7. The Labute approximate surface area is 204 Å². The van der Waals surface area contributed by atoms with Crippen LogP contribution in [0.3, 0.4) is 0 Å². The number of hydrogen-bond acceptors (Lipinski definition) is 7. The molecule has 192 valence electrons. The number of carbonyl (C=O) groups excluding carboxylic acids is 3. The van der Waals surface area contributed by atoms with Crippen molar-refractivity contribution in [3.8, 4) is 0 Å². The van der Waals surface area contributed by atoms with Crippen molar-refractivity contribution in [3.63, 3.8) is 0 Å². The number of alkyl carbamates (subject to hydrolysis) is 1. The first-order valence-corrected chi connectivity index (χ1v) is 14.1. The molecule has 0 aromatic heterocycles. The lowest BCUT2D eigenvalue weighted by atomic mass is 10.2. The SMILES string of the molecule is COC(=O)[C@@H](OCc1cccc(NC(C)=O)c1)[C@H](NC(=O)OC(C)(C)C)O[Si](C)(C)C(C)(C)C. The number of anilines is 1. The molecule has 1 rings (SSSR count). The summed E-state index contributed by atoms with van der Waals surface area (Å²) in [5.74, 6) is -0.896. The number of hydrogen-bond donors (Lipinski definition) is 2. The highest BCUT2D eigenvalue weighted by Gasteiger charge is 2.44. The third-order valence-electron chi connectivity index (χ3n) is 5.27. The number of esters is 1. The molecular weight excluding hydrogens is 456 g/mol. The molecule has 2 amide bonds. The van der Waals surface area contributed by atoms with Crippen molar-refractivity contribution in [1.82, 2.24) is 5.32 Å². The lowest BCUT2D eigenvalue weighted by Crippen LogP contribution is -2.57. The molecule has 9 nitrogen and oxygen atoms in total. The molecule has 0 radical (unpaired) electrons. The molecule has 0 saturated heterocycles. The molecule has 0 heterocycles. The third-order valence-corrected chi connectivity index (χ3v) is 9.73. The highest BCUT2D eigenvalue weighted by atomic mass is 28.4. The molecule has 2 N–H and O–H groups in total. The lowest BCUT2D eigenvalue weighted by Gasteiger charge is -2.40. The maximum Gasteiger partial charge on any atom is 0.409 e. The van der Waals surface area contributed by atoms with Crippen molar-refractivity contribution >= 4 is 32.0 Å². The summed E-state index contributed by atoms with van der Waals surface area (Å²) in [6, 6.07) is 7.04. The lowest BCUT2D eigenvalue weighted by molar-refractivity contribution is -0.163. The van der Waals surface area contributed by atoms with E-state index in [9.17, 15) is 14.4 Å². The minimum Gasteiger partial charge on any atom is -0.467 e. The second-order valence-electron chi connectivity index (χ2n) is 10.6. The van der Waals surface area contributed by atoms with E-state index in [0.29, 0.717) is 11.3 Å². The van der Waals surface area contributed by atoms with Gasteiger partial charge in [0.15, 0.2) is 20.6 Å². The van der Waals surface area contributed by atoms with E-state index in [-0.39, 0.29) is 17.6 Å². The number of benzene rings is 1. The minimum atomic E-state index is -2.46. The minimum absolute atomic E-state index is 0.0144. The molecule has 2 atom stereocenters. The van der Waals surface area contributed by atoms with Gasteiger partial charge in [-0.2, -0.15) is 0 Å². The Kier molecular flexibility index (Phi) is 10.3. The highest BCUT2D eigenvalue weighted by Crippen LogP contribution is 2.37. The van der Waals surface area contributed by atoms with E-state index in [1.54, 1.807) is 45.0 Å². The van der Waals surface area contributed by atoms with Gasteiger partial charge in [-0.3, -0.25) is 10.1 Å². The standard InChI is InChI=1S/C24H40N2O7Si/c1-16(27)25-18-13-11-12-17(14-18)15-31-19(21(28)30-8)20(26-22(29)32-23(2,3)4)33-34(9,10)24(5,6)7/h11-14,19-20H,15H2,1-10H3,(H,25,27)(H,26,29)/t19-,20+/m0/s1. The van der Waals surface area contributed by atoms with Crippen LogP contribution in [-0.2, 0) is 34.8 Å². The Hall–Kier alpha value is -2.43. The van der Waals surface area contributed by atoms with Crippen LogP contribution in [0.1, 0.15) is 54.0 Å². The van der Waals surface area contributed by atoms with Gasteiger partial charge in [0.2, 0.25) is 5.91 Å². The predicted octanol–water partition coefficient (Wildman–Crippen LogP) is 4.58. The van der Waals surface area contributed by atoms with E-state index >= 15 is 0 Å². The second-order valence-corrected chi connectivity index (χ2v) is 15.3. The van der Waals surface area contributed by atoms with Crippen molar-refractivity contribution in [3.05, 3.63) is 29.8 Å². The summed E-state index contributed by atoms with van der Waals surface area (Å²) in [5.41, 5.74) is 0.574. The third kappa shape index (κ3) is 9.82. The molecule has 0 fully saturated rings. The Balaban J connectivity index is 3.22. The largest absolute Gasteiger partial charge is 0.467 e. The van der Waals surface area contributed by atoms with Crippen LogP contribution in [-0.4, -0.2) is 51.3 Å². The van der Waals surface area contributed by atoms with Crippen molar-refractivity contribution in [2.45, 2.75) is 91.1 Å². The molecular formula is C24H40N2O7Si. The summed E-state index contributed by atoms with van der Waals surface area (Å²) >= 11 is 0. The molecule has 0 aliphatic carbocycles. The molecule has 0 bridgehead atoms. The van der Waals surface area contributed by atoms with E-state index in [1.807, 2.05) is 33.9 Å². The molecule has 0 saturated carbocycles. The normalized spacial score (nSPS) is 14.1. The fraction of sp³-hybridized carbons (Fsp3) is 0.625. The molecule has 0 unspecified atom stereocenters. The summed E-state index contributed by atoms with van der Waals surface area (Å²) < 4.78 is 22.7. The summed E-state index contributed by atoms with van der Waals surface area (Å²) in [6.45, 7) is 16.8. The number of nitrogens with one attached hydrogen (secondary N) is 2. The average Bonchev–Trinajstić information content (AvgIpc) is 2.64. The van der Waals surface area contributed by atoms with Crippen LogP contribution >= 0.6 is 0 Å². The zero-order valence-corrected chi connectivity index (χ0v) is 23.0. The molecule has 1 aromatic carbocycles. The van der Waals surface area contributed by atoms with E-state index in [2.05, 4.69) is 10.6 Å². The maximum atomic E-state index is 12.7. The molecule has 0 aliphatic heterocycles. The van der Waals surface area contributed by atoms with Gasteiger partial charge in [0.1, 0.15) is 5.60 Å². The van der Waals surface area contributed by atoms with Gasteiger partial charge in [-0.25, -0.2) is 9.59 Å². The summed E-state index contributed by atoms with van der Waals surface area (Å²) in [5, 5.41) is 5.17. The molecule has 10 heteroatoms. The predicted molar refractivity (Wildman–Crippen MR) is 133 cm³/mol. The van der Waals surface area contributed by atoms with Crippen LogP contribution in [0.2, 0.25) is 18.1 Å². The summed E-state index contributed by atoms with van der Waals surface area (Å²) in [6.07, 6.45) is -3.13. The fourth-order valence-corrected chi connectivity index (χ4v) is 3.78. The first kappa shape index (κ1) is 29.6. The van der Waals surface area contributed by atoms with Gasteiger partial charge in [0, 0.05) is 12.6 Å². The smallest absolute Gasteiger partial charge is 0.409 e. The number of methoxy groups -OCH3 is 1. The van der Waals surface area contributed by atoms with Gasteiger partial charge in [-0.15, -0.1) is 0 Å². The number of carbonyl (C=O) groups is 3. The summed E-state index contributed by atoms with van der Waals surface area (Å²) in [4.78, 5) is 36.7. The Bertz CT molecular complexity index is 860. The van der Waals surface area contributed by atoms with Gasteiger partial charge in [-0.1, -0.05) is 32.9 Å². The topological polar surface area (TPSA) is 112 Å². The van der Waals surface area contributed by atoms with E-state index in [4.69, 9.17) is 18.6 Å². The average molecular weight is 497 g/mol. The van der Waals surface area contributed by atoms with E-state index in [0.717, 1.165) is 0 Å². The fourth-order valence-electron chi connectivity index (χ4n) is 2.61. The van der Waals surface area contributed by atoms with Crippen molar-refractivity contribution in [2.75, 3.05) is 12.4 Å². The van der Waals surface area contributed by atoms with Crippen LogP contribution in [0.4, 0.5) is 10.5 Å². The van der Waals surface area contributed by atoms with Crippen LogP contribution in [0.5, 0.6) is 0 Å². The zero-order chi connectivity index (χ0) is 26.3. The first-order valence-electron chi connectivity index (χ1n) is 11.2. The Morgan fingerprint density at radius 3 is 2.18 bits per heavy atom. The van der Waals surface area contributed by atoms with Crippen LogP contribution < -0.4 is 10.6 Å². The molecule has 0 spiro atoms. The Morgan fingerprint density at radius 1 is 1.06 bits per heavy atom. The zero-order valence-electron chi connectivity index (χ0n) is 22.0. The van der Waals surface area contributed by atoms with Crippen molar-refractivity contribution in [2.24, 2.45) is 0 Å². The van der Waals surface area contributed by atoms with Crippen LogP contribution in [0, 0.1) is 0 Å². The second kappa shape index (κ2) is 11.8. The monoisotopic (exact) mass is 496 g/mol. The van der Waals surface area contributed by atoms with Crippen molar-refractivity contribution < 1.29 is 33.0 Å². The first-order chi connectivity index (χ1) is 15.4. The Morgan fingerprint density at radius 2 is 1.68 bits per heavy atom. The molecule has 34 heavy (non-hydrogen) atoms. The number of amides is 2. The number of ether oxygens (including phenoxy) is 3. The number of rotatable bonds is 9. The van der Waals surface area contributed by atoms with Crippen LogP contribution in [0.15, 0.2) is 24.3 Å².